The third-order valence-corrected chi connectivity index (χ3v) is 2.23. The van der Waals surface area contributed by atoms with Crippen LogP contribution in [0.3, 0.4) is 0 Å². The van der Waals surface area contributed by atoms with Gasteiger partial charge in [-0.3, -0.25) is 9.79 Å². The SMILES string of the molecule is CCNC(=NCCCCCC(=O)OC)NCC. The minimum atomic E-state index is -0.130. The lowest BCUT2D eigenvalue weighted by atomic mass is 10.2. The number of esters is 1. The van der Waals surface area contributed by atoms with Crippen molar-refractivity contribution in [3.63, 3.8) is 0 Å². The number of rotatable bonds is 8. The molecule has 0 aromatic carbocycles. The average molecular weight is 243 g/mol. The van der Waals surface area contributed by atoms with E-state index in [0.29, 0.717) is 6.42 Å². The maximum absolute atomic E-state index is 10.9. The van der Waals surface area contributed by atoms with Gasteiger partial charge >= 0.3 is 5.97 Å². The molecule has 0 radical (unpaired) electrons. The van der Waals surface area contributed by atoms with Gasteiger partial charge in [-0.1, -0.05) is 6.42 Å². The van der Waals surface area contributed by atoms with Crippen LogP contribution in [0.2, 0.25) is 0 Å². The van der Waals surface area contributed by atoms with Crippen molar-refractivity contribution in [2.24, 2.45) is 4.99 Å². The van der Waals surface area contributed by atoms with E-state index in [1.165, 1.54) is 7.11 Å². The van der Waals surface area contributed by atoms with E-state index in [-0.39, 0.29) is 5.97 Å². The first kappa shape index (κ1) is 15.7. The van der Waals surface area contributed by atoms with Crippen LogP contribution in [-0.2, 0) is 9.53 Å². The Hall–Kier alpha value is -1.26. The van der Waals surface area contributed by atoms with Gasteiger partial charge in [-0.25, -0.2) is 0 Å². The molecule has 0 aromatic heterocycles. The Morgan fingerprint density at radius 1 is 1.12 bits per heavy atom. The molecule has 0 aliphatic rings. The summed E-state index contributed by atoms with van der Waals surface area (Å²) in [5.74, 6) is 0.734. The maximum Gasteiger partial charge on any atom is 0.305 e. The fraction of sp³-hybridized carbons (Fsp3) is 0.833. The molecule has 0 aromatic rings. The lowest BCUT2D eigenvalue weighted by Crippen LogP contribution is -2.37. The first-order valence-corrected chi connectivity index (χ1v) is 6.33. The smallest absolute Gasteiger partial charge is 0.305 e. The largest absolute Gasteiger partial charge is 0.469 e. The zero-order valence-electron chi connectivity index (χ0n) is 11.2. The van der Waals surface area contributed by atoms with Crippen molar-refractivity contribution in [1.82, 2.24) is 10.6 Å². The predicted molar refractivity (Wildman–Crippen MR) is 70.1 cm³/mol. The molecule has 0 saturated carbocycles. The molecule has 100 valence electrons. The molecule has 0 atom stereocenters. The van der Waals surface area contributed by atoms with Gasteiger partial charge < -0.3 is 15.4 Å². The molecule has 2 N–H and O–H groups in total. The predicted octanol–water partition coefficient (Wildman–Crippen LogP) is 1.29. The average Bonchev–Trinajstić information content (AvgIpc) is 2.33. The van der Waals surface area contributed by atoms with E-state index in [1.807, 2.05) is 13.8 Å². The number of methoxy groups -OCH3 is 1. The number of carbonyl (C=O) groups is 1. The quantitative estimate of drug-likeness (QED) is 0.292. The second kappa shape index (κ2) is 11.2. The van der Waals surface area contributed by atoms with Gasteiger partial charge in [-0.2, -0.15) is 0 Å². The van der Waals surface area contributed by atoms with Crippen LogP contribution in [-0.4, -0.2) is 38.7 Å². The molecule has 0 rings (SSSR count). The summed E-state index contributed by atoms with van der Waals surface area (Å²) in [4.78, 5) is 15.3. The molecule has 0 unspecified atom stereocenters. The second-order valence-electron chi connectivity index (χ2n) is 3.68. The van der Waals surface area contributed by atoms with Gasteiger partial charge in [0, 0.05) is 26.1 Å². The van der Waals surface area contributed by atoms with Crippen LogP contribution >= 0.6 is 0 Å². The van der Waals surface area contributed by atoms with Gasteiger partial charge in [0.05, 0.1) is 7.11 Å². The summed E-state index contributed by atoms with van der Waals surface area (Å²) in [6.07, 6.45) is 3.38. The Morgan fingerprint density at radius 3 is 2.29 bits per heavy atom. The highest BCUT2D eigenvalue weighted by atomic mass is 16.5. The molecule has 0 aliphatic carbocycles. The number of hydrogen-bond donors (Lipinski definition) is 2. The molecular formula is C12H25N3O2. The van der Waals surface area contributed by atoms with Crippen molar-refractivity contribution in [2.45, 2.75) is 39.5 Å². The molecule has 17 heavy (non-hydrogen) atoms. The first-order chi connectivity index (χ1) is 8.24. The van der Waals surface area contributed by atoms with E-state index in [0.717, 1.165) is 44.9 Å². The highest BCUT2D eigenvalue weighted by Crippen LogP contribution is 2.00. The van der Waals surface area contributed by atoms with Gasteiger partial charge in [0.2, 0.25) is 0 Å². The van der Waals surface area contributed by atoms with Gasteiger partial charge in [0.15, 0.2) is 5.96 Å². The summed E-state index contributed by atoms with van der Waals surface area (Å²) in [5.41, 5.74) is 0. The van der Waals surface area contributed by atoms with E-state index in [1.54, 1.807) is 0 Å². The molecule has 0 amide bonds. The number of nitrogens with one attached hydrogen (secondary N) is 2. The van der Waals surface area contributed by atoms with Crippen LogP contribution < -0.4 is 10.6 Å². The highest BCUT2D eigenvalue weighted by molar-refractivity contribution is 5.79. The Balaban J connectivity index is 3.58. The first-order valence-electron chi connectivity index (χ1n) is 6.33. The molecule has 0 heterocycles. The van der Waals surface area contributed by atoms with Crippen LogP contribution in [0.4, 0.5) is 0 Å². The Kier molecular flexibility index (Phi) is 10.4. The fourth-order valence-electron chi connectivity index (χ4n) is 1.36. The summed E-state index contributed by atoms with van der Waals surface area (Å²) in [6.45, 7) is 6.62. The minimum Gasteiger partial charge on any atom is -0.469 e. The van der Waals surface area contributed by atoms with Crippen LogP contribution in [0.1, 0.15) is 39.5 Å². The zero-order chi connectivity index (χ0) is 12.9. The van der Waals surface area contributed by atoms with Gasteiger partial charge in [0.1, 0.15) is 0 Å². The maximum atomic E-state index is 10.9. The highest BCUT2D eigenvalue weighted by Gasteiger charge is 1.99. The van der Waals surface area contributed by atoms with E-state index in [9.17, 15) is 4.79 Å². The van der Waals surface area contributed by atoms with Crippen molar-refractivity contribution in [3.8, 4) is 0 Å². The van der Waals surface area contributed by atoms with Gasteiger partial charge in [0.25, 0.3) is 0 Å². The number of hydrogen-bond acceptors (Lipinski definition) is 3. The number of unbranched alkanes of at least 4 members (excludes halogenated alkanes) is 2. The number of aliphatic imine (C=N–C) groups is 1. The second-order valence-corrected chi connectivity index (χ2v) is 3.68. The lowest BCUT2D eigenvalue weighted by molar-refractivity contribution is -0.140. The van der Waals surface area contributed by atoms with Crippen LogP contribution in [0.5, 0.6) is 0 Å². The number of carbonyl (C=O) groups excluding carboxylic acids is 1. The standard InChI is InChI=1S/C12H25N3O2/c1-4-13-12(14-5-2)15-10-8-6-7-9-11(16)17-3/h4-10H2,1-3H3,(H2,13,14,15). The number of guanidine groups is 1. The third-order valence-electron chi connectivity index (χ3n) is 2.23. The molecule has 5 nitrogen and oxygen atoms in total. The van der Waals surface area contributed by atoms with Crippen molar-refractivity contribution < 1.29 is 9.53 Å². The molecule has 0 bridgehead atoms. The Labute approximate surface area is 104 Å². The number of ether oxygens (including phenoxy) is 1. The van der Waals surface area contributed by atoms with Crippen LogP contribution in [0.15, 0.2) is 4.99 Å². The van der Waals surface area contributed by atoms with E-state index in [4.69, 9.17) is 0 Å². The van der Waals surface area contributed by atoms with E-state index < -0.39 is 0 Å². The third kappa shape index (κ3) is 9.66. The normalized spacial score (nSPS) is 9.59. The molecule has 5 heteroatoms. The van der Waals surface area contributed by atoms with E-state index >= 15 is 0 Å². The van der Waals surface area contributed by atoms with Crippen molar-refractivity contribution in [1.29, 1.82) is 0 Å². The van der Waals surface area contributed by atoms with Gasteiger partial charge in [-0.05, 0) is 26.7 Å². The van der Waals surface area contributed by atoms with Crippen molar-refractivity contribution in [2.75, 3.05) is 26.7 Å². The lowest BCUT2D eigenvalue weighted by Gasteiger charge is -2.08. The topological polar surface area (TPSA) is 62.7 Å². The summed E-state index contributed by atoms with van der Waals surface area (Å²) in [7, 11) is 1.42. The zero-order valence-corrected chi connectivity index (χ0v) is 11.2. The molecular weight excluding hydrogens is 218 g/mol. The molecule has 0 saturated heterocycles. The van der Waals surface area contributed by atoms with E-state index in [2.05, 4.69) is 20.4 Å². The van der Waals surface area contributed by atoms with Crippen LogP contribution in [0, 0.1) is 0 Å². The van der Waals surface area contributed by atoms with Crippen molar-refractivity contribution in [3.05, 3.63) is 0 Å². The number of nitrogens with zero attached hydrogens (tertiary/aromatic N) is 1. The monoisotopic (exact) mass is 243 g/mol. The summed E-state index contributed by atoms with van der Waals surface area (Å²) in [6, 6.07) is 0. The van der Waals surface area contributed by atoms with Gasteiger partial charge in [-0.15, -0.1) is 0 Å². The summed E-state index contributed by atoms with van der Waals surface area (Å²) >= 11 is 0. The molecule has 0 spiro atoms. The summed E-state index contributed by atoms with van der Waals surface area (Å²) in [5, 5.41) is 6.33. The Morgan fingerprint density at radius 2 is 1.76 bits per heavy atom. The Bertz CT molecular complexity index is 222. The molecule has 0 aliphatic heterocycles. The minimum absolute atomic E-state index is 0.130. The van der Waals surface area contributed by atoms with Crippen LogP contribution in [0.25, 0.3) is 0 Å². The molecule has 0 fully saturated rings. The summed E-state index contributed by atoms with van der Waals surface area (Å²) < 4.78 is 4.57. The van der Waals surface area contributed by atoms with Crippen molar-refractivity contribution >= 4 is 11.9 Å². The fourth-order valence-corrected chi connectivity index (χ4v) is 1.36.